The molecular formula is C39H47BN2O5. The summed E-state index contributed by atoms with van der Waals surface area (Å²) in [6.07, 6.45) is 2.96. The van der Waals surface area contributed by atoms with Crippen LogP contribution in [-0.2, 0) is 9.31 Å². The number of para-hydroxylation sites is 1. The molecule has 7 nitrogen and oxygen atoms in total. The first-order valence-electron chi connectivity index (χ1n) is 16.7. The molecule has 2 saturated heterocycles. The summed E-state index contributed by atoms with van der Waals surface area (Å²) < 4.78 is 19.2. The van der Waals surface area contributed by atoms with Crippen molar-refractivity contribution < 1.29 is 18.5 Å². The molecular weight excluding hydrogens is 587 g/mol. The highest BCUT2D eigenvalue weighted by atomic mass is 16.7. The third-order valence-corrected chi connectivity index (χ3v) is 10.6. The molecule has 2 aliphatic rings. The molecule has 2 fully saturated rings. The fraction of sp³-hybridized carbons (Fsp3) is 0.436. The zero-order chi connectivity index (χ0) is 33.9. The number of carbonyl (C=O) groups excluding carboxylic acids is 1. The molecule has 3 aromatic carbocycles. The Morgan fingerprint density at radius 1 is 0.915 bits per heavy atom. The van der Waals surface area contributed by atoms with Gasteiger partial charge >= 0.3 is 7.12 Å². The first-order chi connectivity index (χ1) is 22.1. The van der Waals surface area contributed by atoms with E-state index >= 15 is 0 Å². The van der Waals surface area contributed by atoms with Crippen LogP contribution in [0.5, 0.6) is 0 Å². The van der Waals surface area contributed by atoms with Crippen LogP contribution in [0.2, 0.25) is 0 Å². The summed E-state index contributed by atoms with van der Waals surface area (Å²) in [6, 6.07) is 17.7. The highest BCUT2D eigenvalue weighted by molar-refractivity contribution is 6.63. The molecule has 1 N–H and O–H groups in total. The van der Waals surface area contributed by atoms with E-state index in [4.69, 9.17) is 13.7 Å². The van der Waals surface area contributed by atoms with Crippen LogP contribution in [0, 0.1) is 19.3 Å². The first kappa shape index (κ1) is 33.0. The lowest BCUT2D eigenvalue weighted by Gasteiger charge is -2.37. The number of hydrogen-bond donors (Lipinski definition) is 1. The molecule has 1 unspecified atom stereocenters. The molecule has 8 heteroatoms. The van der Waals surface area contributed by atoms with Gasteiger partial charge in [-0.3, -0.25) is 9.59 Å². The SMILES string of the molecule is Cc1cc(C(C)Nc2ccccc2-c2ccc(B3OC(C)(C)C(C)(C)O3)c(C=O)c2)c2oc(N3CCC(C)(C)CC3)c(C)c(=O)c2c1. The number of fused-ring (bicyclic) bond motifs is 1. The molecule has 3 heterocycles. The Hall–Kier alpha value is -3.88. The Labute approximate surface area is 278 Å². The van der Waals surface area contributed by atoms with E-state index < -0.39 is 18.3 Å². The van der Waals surface area contributed by atoms with Gasteiger partial charge in [-0.2, -0.15) is 0 Å². The van der Waals surface area contributed by atoms with Crippen molar-refractivity contribution in [3.63, 3.8) is 0 Å². The largest absolute Gasteiger partial charge is 0.495 e. The van der Waals surface area contributed by atoms with E-state index in [-0.39, 0.29) is 16.9 Å². The maximum absolute atomic E-state index is 13.7. The van der Waals surface area contributed by atoms with Gasteiger partial charge < -0.3 is 23.9 Å². The van der Waals surface area contributed by atoms with Crippen molar-refractivity contribution in [3.8, 4) is 11.1 Å². The van der Waals surface area contributed by atoms with Crippen LogP contribution in [-0.4, -0.2) is 37.7 Å². The van der Waals surface area contributed by atoms with Crippen molar-refractivity contribution in [2.75, 3.05) is 23.3 Å². The van der Waals surface area contributed by atoms with Gasteiger partial charge in [0.15, 0.2) is 5.43 Å². The van der Waals surface area contributed by atoms with Gasteiger partial charge in [-0.15, -0.1) is 0 Å². The van der Waals surface area contributed by atoms with Crippen molar-refractivity contribution in [2.45, 2.75) is 92.4 Å². The van der Waals surface area contributed by atoms with E-state index in [0.29, 0.717) is 33.4 Å². The first-order valence-corrected chi connectivity index (χ1v) is 16.7. The van der Waals surface area contributed by atoms with Gasteiger partial charge in [-0.1, -0.05) is 50.2 Å². The van der Waals surface area contributed by atoms with E-state index in [9.17, 15) is 9.59 Å². The van der Waals surface area contributed by atoms with Gasteiger partial charge in [0.05, 0.1) is 28.2 Å². The summed E-state index contributed by atoms with van der Waals surface area (Å²) in [5, 5.41) is 4.31. The lowest BCUT2D eigenvalue weighted by Crippen LogP contribution is -2.41. The van der Waals surface area contributed by atoms with Gasteiger partial charge in [0.2, 0.25) is 5.88 Å². The van der Waals surface area contributed by atoms with Gasteiger partial charge in [0.25, 0.3) is 0 Å². The Kier molecular flexibility index (Phi) is 8.42. The lowest BCUT2D eigenvalue weighted by molar-refractivity contribution is 0.00578. The number of benzene rings is 3. The monoisotopic (exact) mass is 634 g/mol. The quantitative estimate of drug-likeness (QED) is 0.163. The maximum atomic E-state index is 13.7. The minimum absolute atomic E-state index is 0.0205. The van der Waals surface area contributed by atoms with Gasteiger partial charge in [-0.25, -0.2) is 0 Å². The van der Waals surface area contributed by atoms with Crippen molar-refractivity contribution in [1.82, 2.24) is 0 Å². The molecule has 1 atom stereocenters. The number of hydrogen-bond acceptors (Lipinski definition) is 7. The smallest absolute Gasteiger partial charge is 0.440 e. The molecule has 47 heavy (non-hydrogen) atoms. The summed E-state index contributed by atoms with van der Waals surface area (Å²) >= 11 is 0. The van der Waals surface area contributed by atoms with Gasteiger partial charge in [0.1, 0.15) is 11.9 Å². The van der Waals surface area contributed by atoms with E-state index in [1.165, 1.54) is 0 Å². The predicted octanol–water partition coefficient (Wildman–Crippen LogP) is 7.99. The van der Waals surface area contributed by atoms with Gasteiger partial charge in [-0.05, 0) is 102 Å². The van der Waals surface area contributed by atoms with Crippen LogP contribution in [0.3, 0.4) is 0 Å². The van der Waals surface area contributed by atoms with Crippen molar-refractivity contribution in [2.24, 2.45) is 5.41 Å². The zero-order valence-electron chi connectivity index (χ0n) is 29.2. The molecule has 1 aromatic heterocycles. The zero-order valence-corrected chi connectivity index (χ0v) is 29.2. The molecule has 4 aromatic rings. The second kappa shape index (κ2) is 12.0. The topological polar surface area (TPSA) is 81.0 Å². The van der Waals surface area contributed by atoms with Crippen LogP contribution < -0.4 is 21.1 Å². The molecule has 6 rings (SSSR count). The Morgan fingerprint density at radius 3 is 2.23 bits per heavy atom. The normalized spacial score (nSPS) is 19.2. The number of piperidine rings is 1. The number of aldehydes is 1. The fourth-order valence-electron chi connectivity index (χ4n) is 6.70. The average Bonchev–Trinajstić information content (AvgIpc) is 3.24. The van der Waals surface area contributed by atoms with Gasteiger partial charge in [0, 0.05) is 35.5 Å². The summed E-state index contributed by atoms with van der Waals surface area (Å²) in [6.45, 7) is 20.3. The molecule has 0 radical (unpaired) electrons. The Morgan fingerprint density at radius 2 is 1.57 bits per heavy atom. The molecule has 0 amide bonds. The summed E-state index contributed by atoms with van der Waals surface area (Å²) in [4.78, 5) is 28.3. The molecule has 0 bridgehead atoms. The Bertz CT molecular complexity index is 1880. The highest BCUT2D eigenvalue weighted by Gasteiger charge is 2.52. The number of anilines is 2. The van der Waals surface area contributed by atoms with E-state index in [1.54, 1.807) is 0 Å². The molecule has 0 aliphatic carbocycles. The molecule has 246 valence electrons. The number of nitrogens with zero attached hydrogens (tertiary/aromatic N) is 1. The number of rotatable bonds is 7. The number of nitrogens with one attached hydrogen (secondary N) is 1. The van der Waals surface area contributed by atoms with Crippen LogP contribution in [0.25, 0.3) is 22.1 Å². The third-order valence-electron chi connectivity index (χ3n) is 10.6. The van der Waals surface area contributed by atoms with Crippen molar-refractivity contribution >= 4 is 41.4 Å². The van der Waals surface area contributed by atoms with Crippen LogP contribution >= 0.6 is 0 Å². The minimum atomic E-state index is -0.628. The molecule has 0 saturated carbocycles. The average molecular weight is 635 g/mol. The number of aryl methyl sites for hydroxylation is 1. The van der Waals surface area contributed by atoms with Crippen molar-refractivity contribution in [3.05, 3.63) is 87.1 Å². The fourth-order valence-corrected chi connectivity index (χ4v) is 6.70. The maximum Gasteiger partial charge on any atom is 0.495 e. The van der Waals surface area contributed by atoms with Crippen LogP contribution in [0.4, 0.5) is 11.6 Å². The van der Waals surface area contributed by atoms with E-state index in [0.717, 1.165) is 60.2 Å². The second-order valence-corrected chi connectivity index (χ2v) is 15.2. The predicted molar refractivity (Wildman–Crippen MR) is 192 cm³/mol. The third kappa shape index (κ3) is 6.14. The molecule has 2 aliphatic heterocycles. The lowest BCUT2D eigenvalue weighted by atomic mass is 9.75. The summed E-state index contributed by atoms with van der Waals surface area (Å²) in [5.74, 6) is 0.680. The second-order valence-electron chi connectivity index (χ2n) is 15.2. The summed E-state index contributed by atoms with van der Waals surface area (Å²) in [7, 11) is -0.628. The van der Waals surface area contributed by atoms with Crippen molar-refractivity contribution in [1.29, 1.82) is 0 Å². The standard InChI is InChI=1S/C39H47BN2O5/c1-24-20-30(35-31(21-24)34(44)25(2)36(45-35)42-18-16-37(4,5)17-19-42)26(3)41-33-13-11-10-12-29(33)27-14-15-32(28(22-27)23-43)40-46-38(6,7)39(8,9)47-40/h10-15,20-23,26,41H,16-19H2,1-9H3. The van der Waals surface area contributed by atoms with Crippen LogP contribution in [0.15, 0.2) is 63.8 Å². The van der Waals surface area contributed by atoms with E-state index in [2.05, 4.69) is 37.1 Å². The van der Waals surface area contributed by atoms with E-state index in [1.807, 2.05) is 90.1 Å². The highest BCUT2D eigenvalue weighted by Crippen LogP contribution is 2.39. The summed E-state index contributed by atoms with van der Waals surface area (Å²) in [5.41, 5.74) is 6.50. The molecule has 0 spiro atoms. The minimum Gasteiger partial charge on any atom is -0.440 e. The number of carbonyl (C=O) groups is 1. The Balaban J connectivity index is 1.34. The van der Waals surface area contributed by atoms with Crippen LogP contribution in [0.1, 0.15) is 94.4 Å².